The summed E-state index contributed by atoms with van der Waals surface area (Å²) in [7, 11) is 0. The van der Waals surface area contributed by atoms with Crippen molar-refractivity contribution in [3.8, 4) is 16.9 Å². The fourth-order valence-corrected chi connectivity index (χ4v) is 1.52. The summed E-state index contributed by atoms with van der Waals surface area (Å²) in [5.74, 6) is -2.71. The molecule has 0 heterocycles. The van der Waals surface area contributed by atoms with Crippen molar-refractivity contribution in [3.05, 3.63) is 53.8 Å². The molecule has 0 saturated carbocycles. The third-order valence-corrected chi connectivity index (χ3v) is 2.36. The van der Waals surface area contributed by atoms with Gasteiger partial charge in [0.1, 0.15) is 11.6 Å². The molecule has 0 spiro atoms. The van der Waals surface area contributed by atoms with Crippen LogP contribution >= 0.6 is 0 Å². The maximum absolute atomic E-state index is 13.7. The normalized spacial score (nSPS) is 10.2. The second-order valence-electron chi connectivity index (χ2n) is 3.48. The minimum Gasteiger partial charge on any atom is -0.429 e. The first-order valence-corrected chi connectivity index (χ1v) is 4.97. The fraction of sp³-hybridized carbons (Fsp3) is 0. The van der Waals surface area contributed by atoms with E-state index in [1.54, 1.807) is 0 Å². The second kappa shape index (κ2) is 4.91. The monoisotopic (exact) mass is 252 g/mol. The molecule has 18 heavy (non-hydrogen) atoms. The summed E-state index contributed by atoms with van der Waals surface area (Å²) in [6.45, 7) is 0.173. The molecule has 0 atom stereocenters. The number of hydrogen-bond donors (Lipinski definition) is 0. The highest BCUT2D eigenvalue weighted by Gasteiger charge is 2.09. The summed E-state index contributed by atoms with van der Waals surface area (Å²) in [5.41, 5.74) is 0.288. The van der Waals surface area contributed by atoms with Crippen LogP contribution in [0.2, 0.25) is 0 Å². The standard InChI is InChI=1S/C13H7F3O2/c14-11-4-1-8(5-13(11)16)10-3-2-9(18-7-17)6-12(10)15/h1-7H. The van der Waals surface area contributed by atoms with Gasteiger partial charge in [0.2, 0.25) is 0 Å². The Morgan fingerprint density at radius 3 is 2.28 bits per heavy atom. The van der Waals surface area contributed by atoms with Crippen LogP contribution in [0.5, 0.6) is 5.75 Å². The Hall–Kier alpha value is -2.30. The molecule has 2 nitrogen and oxygen atoms in total. The first kappa shape index (κ1) is 12.2. The predicted molar refractivity (Wildman–Crippen MR) is 58.4 cm³/mol. The Balaban J connectivity index is 2.44. The molecular weight excluding hydrogens is 245 g/mol. The van der Waals surface area contributed by atoms with Gasteiger partial charge in [0.05, 0.1) is 0 Å². The van der Waals surface area contributed by atoms with Crippen LogP contribution in [0.25, 0.3) is 11.1 Å². The quantitative estimate of drug-likeness (QED) is 0.783. The summed E-state index contributed by atoms with van der Waals surface area (Å²) in [4.78, 5) is 10.1. The number of carbonyl (C=O) groups excluding carboxylic acids is 1. The van der Waals surface area contributed by atoms with Gasteiger partial charge < -0.3 is 4.74 Å². The Bertz CT molecular complexity index is 597. The average molecular weight is 252 g/mol. The van der Waals surface area contributed by atoms with E-state index in [2.05, 4.69) is 4.74 Å². The molecule has 5 heteroatoms. The van der Waals surface area contributed by atoms with Crippen molar-refractivity contribution >= 4 is 6.47 Å². The molecule has 0 aliphatic rings. The molecule has 0 radical (unpaired) electrons. The van der Waals surface area contributed by atoms with Crippen LogP contribution in [-0.4, -0.2) is 6.47 Å². The van der Waals surface area contributed by atoms with Gasteiger partial charge in [-0.2, -0.15) is 0 Å². The molecule has 0 saturated heterocycles. The van der Waals surface area contributed by atoms with Crippen molar-refractivity contribution in [3.63, 3.8) is 0 Å². The summed E-state index contributed by atoms with van der Waals surface area (Å²) >= 11 is 0. The lowest BCUT2D eigenvalue weighted by molar-refractivity contribution is -0.120. The van der Waals surface area contributed by atoms with Crippen molar-refractivity contribution in [1.29, 1.82) is 0 Å². The highest BCUT2D eigenvalue weighted by Crippen LogP contribution is 2.27. The van der Waals surface area contributed by atoms with Crippen molar-refractivity contribution in [2.75, 3.05) is 0 Å². The molecule has 0 bridgehead atoms. The molecule has 0 aliphatic heterocycles. The molecule has 92 valence electrons. The molecule has 2 rings (SSSR count). The predicted octanol–water partition coefficient (Wildman–Crippen LogP) is 3.31. The zero-order chi connectivity index (χ0) is 13.1. The van der Waals surface area contributed by atoms with Crippen LogP contribution in [-0.2, 0) is 4.79 Å². The van der Waals surface area contributed by atoms with Crippen LogP contribution in [0.4, 0.5) is 13.2 Å². The number of hydrogen-bond acceptors (Lipinski definition) is 2. The zero-order valence-electron chi connectivity index (χ0n) is 8.99. The van der Waals surface area contributed by atoms with Crippen LogP contribution in [0.1, 0.15) is 0 Å². The lowest BCUT2D eigenvalue weighted by Gasteiger charge is -2.05. The van der Waals surface area contributed by atoms with Gasteiger partial charge in [-0.1, -0.05) is 6.07 Å². The Morgan fingerprint density at radius 2 is 1.67 bits per heavy atom. The van der Waals surface area contributed by atoms with Gasteiger partial charge >= 0.3 is 0 Å². The molecule has 0 fully saturated rings. The minimum atomic E-state index is -1.06. The van der Waals surface area contributed by atoms with E-state index in [-0.39, 0.29) is 23.3 Å². The van der Waals surface area contributed by atoms with Crippen LogP contribution < -0.4 is 4.74 Å². The van der Waals surface area contributed by atoms with Gasteiger partial charge in [-0.25, -0.2) is 13.2 Å². The van der Waals surface area contributed by atoms with E-state index in [0.29, 0.717) is 0 Å². The van der Waals surface area contributed by atoms with E-state index in [1.807, 2.05) is 0 Å². The molecular formula is C13H7F3O2. The van der Waals surface area contributed by atoms with Crippen LogP contribution in [0, 0.1) is 17.5 Å². The van der Waals surface area contributed by atoms with E-state index >= 15 is 0 Å². The summed E-state index contributed by atoms with van der Waals surface area (Å²) in [6.07, 6.45) is 0. The topological polar surface area (TPSA) is 26.3 Å². The lowest BCUT2D eigenvalue weighted by atomic mass is 10.0. The molecule has 0 amide bonds. The number of carbonyl (C=O) groups is 1. The molecule has 0 N–H and O–H groups in total. The first-order valence-electron chi connectivity index (χ1n) is 4.97. The Kier molecular flexibility index (Phi) is 3.32. The second-order valence-corrected chi connectivity index (χ2v) is 3.48. The third-order valence-electron chi connectivity index (χ3n) is 2.36. The summed E-state index contributed by atoms with van der Waals surface area (Å²) < 4.78 is 43.9. The van der Waals surface area contributed by atoms with E-state index in [9.17, 15) is 18.0 Å². The van der Waals surface area contributed by atoms with Crippen molar-refractivity contribution in [1.82, 2.24) is 0 Å². The minimum absolute atomic E-state index is 0.0360. The molecule has 2 aromatic carbocycles. The van der Waals surface area contributed by atoms with Crippen LogP contribution in [0.3, 0.4) is 0 Å². The van der Waals surface area contributed by atoms with Gasteiger partial charge in [0.25, 0.3) is 6.47 Å². The number of halogens is 3. The molecule has 2 aromatic rings. The largest absolute Gasteiger partial charge is 0.429 e. The maximum atomic E-state index is 13.7. The van der Waals surface area contributed by atoms with E-state index < -0.39 is 17.5 Å². The lowest BCUT2D eigenvalue weighted by Crippen LogP contribution is -1.92. The first-order chi connectivity index (χ1) is 8.61. The van der Waals surface area contributed by atoms with Gasteiger partial charge in [-0.05, 0) is 29.8 Å². The Morgan fingerprint density at radius 1 is 0.889 bits per heavy atom. The highest BCUT2D eigenvalue weighted by molar-refractivity contribution is 5.65. The van der Waals surface area contributed by atoms with Gasteiger partial charge in [-0.3, -0.25) is 4.79 Å². The Labute approximate surface area is 101 Å². The van der Waals surface area contributed by atoms with Gasteiger partial charge in [0, 0.05) is 11.6 Å². The van der Waals surface area contributed by atoms with E-state index in [1.165, 1.54) is 18.2 Å². The summed E-state index contributed by atoms with van der Waals surface area (Å²) in [6, 6.07) is 6.74. The SMILES string of the molecule is O=COc1ccc(-c2ccc(F)c(F)c2)c(F)c1. The van der Waals surface area contributed by atoms with E-state index in [0.717, 1.165) is 18.2 Å². The van der Waals surface area contributed by atoms with Crippen molar-refractivity contribution < 1.29 is 22.7 Å². The van der Waals surface area contributed by atoms with Gasteiger partial charge in [-0.15, -0.1) is 0 Å². The van der Waals surface area contributed by atoms with E-state index in [4.69, 9.17) is 0 Å². The highest BCUT2D eigenvalue weighted by atomic mass is 19.2. The van der Waals surface area contributed by atoms with Crippen molar-refractivity contribution in [2.45, 2.75) is 0 Å². The maximum Gasteiger partial charge on any atom is 0.298 e. The molecule has 0 aromatic heterocycles. The number of rotatable bonds is 3. The summed E-state index contributed by atoms with van der Waals surface area (Å²) in [5, 5.41) is 0. The fourth-order valence-electron chi connectivity index (χ4n) is 1.52. The zero-order valence-corrected chi connectivity index (χ0v) is 8.99. The molecule has 0 unspecified atom stereocenters. The smallest absolute Gasteiger partial charge is 0.298 e. The number of benzene rings is 2. The van der Waals surface area contributed by atoms with Crippen LogP contribution in [0.15, 0.2) is 36.4 Å². The van der Waals surface area contributed by atoms with Gasteiger partial charge in [0.15, 0.2) is 11.6 Å². The average Bonchev–Trinajstić information content (AvgIpc) is 2.34. The third kappa shape index (κ3) is 2.34. The van der Waals surface area contributed by atoms with Crippen molar-refractivity contribution in [2.24, 2.45) is 0 Å². The number of ether oxygens (including phenoxy) is 1. The molecule has 0 aliphatic carbocycles.